The minimum Gasteiger partial charge on any atom is -0.122 e. The highest BCUT2D eigenvalue weighted by Gasteiger charge is 1.80. The summed E-state index contributed by atoms with van der Waals surface area (Å²) in [6, 6.07) is 0. The quantitative estimate of drug-likeness (QED) is 0.387. The van der Waals surface area contributed by atoms with Crippen molar-refractivity contribution in [1.29, 1.82) is 0 Å². The average Bonchev–Trinajstić information content (AvgIpc) is 1.41. The van der Waals surface area contributed by atoms with Crippen molar-refractivity contribution >= 4 is 20.1 Å². The Hall–Kier alpha value is 0.390. The van der Waals surface area contributed by atoms with Crippen molar-refractivity contribution in [3.05, 3.63) is 0 Å². The molecule has 0 amide bonds. The number of rotatable bonds is 2. The molecule has 0 spiro atoms. The summed E-state index contributed by atoms with van der Waals surface area (Å²) >= 11 is 5.11. The van der Waals surface area contributed by atoms with E-state index in [0.717, 1.165) is 0 Å². The second-order valence-electron chi connectivity index (χ2n) is 0.583. The van der Waals surface area contributed by atoms with E-state index in [9.17, 15) is 4.57 Å². The van der Waals surface area contributed by atoms with E-state index in [4.69, 9.17) is 11.6 Å². The Morgan fingerprint density at radius 2 is 2.40 bits per heavy atom. The molecule has 0 saturated heterocycles. The maximum atomic E-state index is 9.47. The van der Waals surface area contributed by atoms with Crippen molar-refractivity contribution in [1.82, 2.24) is 0 Å². The Balaban J connectivity index is 2.40. The standard InChI is InChI=1S/C2H4ClOP/c3-1-2-5-4/h1-2H2/p+1. The van der Waals surface area contributed by atoms with Gasteiger partial charge in [-0.25, -0.2) is 0 Å². The molecule has 30 valence electrons. The Bertz CT molecular complexity index is 30.8. The monoisotopic (exact) mass is 111 g/mol. The van der Waals surface area contributed by atoms with Gasteiger partial charge < -0.3 is 0 Å². The molecule has 0 aromatic heterocycles. The van der Waals surface area contributed by atoms with E-state index in [1.165, 1.54) is 0 Å². The molecule has 1 nitrogen and oxygen atoms in total. The largest absolute Gasteiger partial charge is 0.326 e. The third-order valence-electron chi connectivity index (χ3n) is 0.197. The molecular formula is C2H5ClOP+. The summed E-state index contributed by atoms with van der Waals surface area (Å²) in [5.41, 5.74) is 0. The maximum Gasteiger partial charge on any atom is 0.326 e. The van der Waals surface area contributed by atoms with E-state index >= 15 is 0 Å². The van der Waals surface area contributed by atoms with Gasteiger partial charge in [0.25, 0.3) is 0 Å². The number of hydrogen-bond donors (Lipinski definition) is 0. The zero-order chi connectivity index (χ0) is 4.12. The highest BCUT2D eigenvalue weighted by Crippen LogP contribution is 1.89. The first kappa shape index (κ1) is 5.39. The lowest BCUT2D eigenvalue weighted by Crippen LogP contribution is -1.65. The molecular weight excluding hydrogens is 106 g/mol. The number of alkyl halides is 1. The molecule has 0 aliphatic carbocycles. The third kappa shape index (κ3) is 4.39. The molecule has 0 aliphatic heterocycles. The van der Waals surface area contributed by atoms with Crippen LogP contribution in [0.25, 0.3) is 0 Å². The lowest BCUT2D eigenvalue weighted by atomic mass is 11.0. The van der Waals surface area contributed by atoms with Gasteiger partial charge in [-0.1, -0.05) is 4.57 Å². The molecule has 1 atom stereocenters. The fourth-order valence-electron chi connectivity index (χ4n) is 0.0386. The van der Waals surface area contributed by atoms with Crippen LogP contribution in [-0.2, 0) is 4.57 Å². The first-order valence-corrected chi connectivity index (χ1v) is 2.97. The summed E-state index contributed by atoms with van der Waals surface area (Å²) in [5.74, 6) is 0.516. The molecule has 1 unspecified atom stereocenters. The lowest BCUT2D eigenvalue weighted by molar-refractivity contribution is 0.599. The van der Waals surface area contributed by atoms with Gasteiger partial charge >= 0.3 is 8.46 Å². The third-order valence-corrected chi connectivity index (χ3v) is 1.16. The summed E-state index contributed by atoms with van der Waals surface area (Å²) in [6.45, 7) is 0. The minimum absolute atomic E-state index is 0.224. The van der Waals surface area contributed by atoms with Crippen LogP contribution in [0, 0.1) is 0 Å². The predicted octanol–water partition coefficient (Wildman–Crippen LogP) is 1.25. The van der Waals surface area contributed by atoms with E-state index in [0.29, 0.717) is 12.0 Å². The fraction of sp³-hybridized carbons (Fsp3) is 1.00. The van der Waals surface area contributed by atoms with Crippen LogP contribution in [0.1, 0.15) is 0 Å². The Kier molecular flexibility index (Phi) is 4.73. The molecule has 0 radical (unpaired) electrons. The summed E-state index contributed by atoms with van der Waals surface area (Å²) in [5, 5.41) is 0. The minimum atomic E-state index is -0.224. The number of halogens is 1. The van der Waals surface area contributed by atoms with Crippen LogP contribution in [0.3, 0.4) is 0 Å². The van der Waals surface area contributed by atoms with Crippen LogP contribution in [0.15, 0.2) is 0 Å². The topological polar surface area (TPSA) is 17.1 Å². The molecule has 5 heavy (non-hydrogen) atoms. The molecule has 0 fully saturated rings. The van der Waals surface area contributed by atoms with Crippen LogP contribution in [0.5, 0.6) is 0 Å². The molecule has 0 N–H and O–H groups in total. The summed E-state index contributed by atoms with van der Waals surface area (Å²) in [4.78, 5) is 0. The lowest BCUT2D eigenvalue weighted by Gasteiger charge is -1.56. The summed E-state index contributed by atoms with van der Waals surface area (Å²) < 4.78 is 9.47. The van der Waals surface area contributed by atoms with Crippen LogP contribution in [0.2, 0.25) is 0 Å². The fourth-order valence-corrected chi connectivity index (χ4v) is 0.347. The normalized spacial score (nSPS) is 9.00. The van der Waals surface area contributed by atoms with E-state index in [1.54, 1.807) is 0 Å². The Morgan fingerprint density at radius 3 is 2.40 bits per heavy atom. The molecule has 3 heteroatoms. The second-order valence-corrected chi connectivity index (χ2v) is 1.75. The van der Waals surface area contributed by atoms with Gasteiger partial charge in [0.15, 0.2) is 6.16 Å². The van der Waals surface area contributed by atoms with Crippen LogP contribution < -0.4 is 0 Å². The average molecular weight is 111 g/mol. The van der Waals surface area contributed by atoms with Crippen molar-refractivity contribution in [2.45, 2.75) is 0 Å². The molecule has 0 aliphatic rings. The van der Waals surface area contributed by atoms with Crippen molar-refractivity contribution in [2.75, 3.05) is 12.0 Å². The van der Waals surface area contributed by atoms with E-state index in [2.05, 4.69) is 0 Å². The van der Waals surface area contributed by atoms with E-state index in [-0.39, 0.29) is 8.46 Å². The van der Waals surface area contributed by atoms with Crippen molar-refractivity contribution in [3.63, 3.8) is 0 Å². The van der Waals surface area contributed by atoms with Crippen molar-refractivity contribution < 1.29 is 4.57 Å². The van der Waals surface area contributed by atoms with Crippen LogP contribution in [0.4, 0.5) is 0 Å². The van der Waals surface area contributed by atoms with Gasteiger partial charge in [-0.15, -0.1) is 11.6 Å². The first-order valence-electron chi connectivity index (χ1n) is 1.32. The van der Waals surface area contributed by atoms with Crippen molar-refractivity contribution in [2.24, 2.45) is 0 Å². The molecule has 0 saturated carbocycles. The maximum absolute atomic E-state index is 9.47. The second kappa shape index (κ2) is 4.39. The Morgan fingerprint density at radius 1 is 1.80 bits per heavy atom. The highest BCUT2D eigenvalue weighted by molar-refractivity contribution is 7.23. The highest BCUT2D eigenvalue weighted by atomic mass is 35.5. The van der Waals surface area contributed by atoms with Gasteiger partial charge in [0.1, 0.15) is 0 Å². The summed E-state index contributed by atoms with van der Waals surface area (Å²) in [7, 11) is -0.224. The van der Waals surface area contributed by atoms with Gasteiger partial charge in [0.05, 0.1) is 5.88 Å². The Labute approximate surface area is 37.5 Å². The van der Waals surface area contributed by atoms with Gasteiger partial charge in [-0.3, -0.25) is 0 Å². The van der Waals surface area contributed by atoms with Gasteiger partial charge in [0, 0.05) is 0 Å². The van der Waals surface area contributed by atoms with Crippen molar-refractivity contribution in [3.8, 4) is 0 Å². The molecule has 0 rings (SSSR count). The zero-order valence-electron chi connectivity index (χ0n) is 2.70. The summed E-state index contributed by atoms with van der Waals surface area (Å²) in [6.07, 6.45) is 0.627. The predicted molar refractivity (Wildman–Crippen MR) is 24.6 cm³/mol. The van der Waals surface area contributed by atoms with E-state index in [1.807, 2.05) is 0 Å². The van der Waals surface area contributed by atoms with E-state index < -0.39 is 0 Å². The van der Waals surface area contributed by atoms with Gasteiger partial charge in [-0.05, 0) is 0 Å². The smallest absolute Gasteiger partial charge is 0.122 e. The molecule has 0 bridgehead atoms. The molecule has 0 heterocycles. The molecule has 0 aromatic carbocycles. The SMILES string of the molecule is O=[PH+]CCCl. The van der Waals surface area contributed by atoms with Crippen LogP contribution in [-0.4, -0.2) is 12.0 Å². The number of hydrogen-bond acceptors (Lipinski definition) is 1. The molecule has 0 aromatic rings. The first-order chi connectivity index (χ1) is 2.41. The van der Waals surface area contributed by atoms with Gasteiger partial charge in [0.2, 0.25) is 0 Å². The zero-order valence-corrected chi connectivity index (χ0v) is 4.46. The van der Waals surface area contributed by atoms with Gasteiger partial charge in [-0.2, -0.15) is 0 Å². The van der Waals surface area contributed by atoms with Crippen LogP contribution >= 0.6 is 20.1 Å².